The summed E-state index contributed by atoms with van der Waals surface area (Å²) in [5.74, 6) is -0.641. The summed E-state index contributed by atoms with van der Waals surface area (Å²) in [6.07, 6.45) is 2.11. The van der Waals surface area contributed by atoms with Crippen LogP contribution in [0.5, 0.6) is 0 Å². The van der Waals surface area contributed by atoms with Gasteiger partial charge in [-0.1, -0.05) is 46.4 Å². The van der Waals surface area contributed by atoms with Crippen molar-refractivity contribution in [1.82, 2.24) is 0 Å². The zero-order valence-corrected chi connectivity index (χ0v) is 16.8. The molecule has 2 aromatic rings. The lowest BCUT2D eigenvalue weighted by atomic mass is 9.62. The first kappa shape index (κ1) is 19.3. The predicted molar refractivity (Wildman–Crippen MR) is 108 cm³/mol. The van der Waals surface area contributed by atoms with Crippen molar-refractivity contribution in [3.63, 3.8) is 0 Å². The molecule has 0 saturated heterocycles. The fourth-order valence-corrected chi connectivity index (χ4v) is 3.90. The summed E-state index contributed by atoms with van der Waals surface area (Å²) >= 11 is 0. The second-order valence-electron chi connectivity index (χ2n) is 8.69. The van der Waals surface area contributed by atoms with E-state index in [1.165, 1.54) is 12.7 Å². The Bertz CT molecular complexity index is 905. The number of esters is 1. The van der Waals surface area contributed by atoms with Gasteiger partial charge in [-0.15, -0.1) is 0 Å². The Hall–Kier alpha value is -2.42. The van der Waals surface area contributed by atoms with Crippen LogP contribution in [0.2, 0.25) is 0 Å². The molecule has 0 saturated carbocycles. The van der Waals surface area contributed by atoms with Gasteiger partial charge in [-0.2, -0.15) is 0 Å². The highest BCUT2D eigenvalue weighted by molar-refractivity contribution is 5.90. The van der Waals surface area contributed by atoms with Gasteiger partial charge in [0.25, 0.3) is 0 Å². The predicted octanol–water partition coefficient (Wildman–Crippen LogP) is 6.02. The van der Waals surface area contributed by atoms with Crippen LogP contribution in [0.4, 0.5) is 4.39 Å². The number of benzene rings is 2. The van der Waals surface area contributed by atoms with Crippen LogP contribution < -0.4 is 0 Å². The minimum Gasteiger partial charge on any atom is -0.465 e. The summed E-state index contributed by atoms with van der Waals surface area (Å²) < 4.78 is 19.8. The van der Waals surface area contributed by atoms with Crippen molar-refractivity contribution < 1.29 is 13.9 Å². The van der Waals surface area contributed by atoms with Crippen LogP contribution in [0.15, 0.2) is 43.0 Å². The molecule has 0 bridgehead atoms. The molecule has 0 aromatic heterocycles. The smallest absolute Gasteiger partial charge is 0.337 e. The van der Waals surface area contributed by atoms with Crippen LogP contribution in [0.1, 0.15) is 73.1 Å². The molecule has 0 amide bonds. The number of halogens is 1. The van der Waals surface area contributed by atoms with Crippen molar-refractivity contribution in [2.45, 2.75) is 51.4 Å². The largest absolute Gasteiger partial charge is 0.465 e. The number of fused-ring (bicyclic) bond motifs is 1. The van der Waals surface area contributed by atoms with Gasteiger partial charge >= 0.3 is 5.97 Å². The molecule has 1 aliphatic carbocycles. The van der Waals surface area contributed by atoms with Gasteiger partial charge in [-0.05, 0) is 70.2 Å². The van der Waals surface area contributed by atoms with Gasteiger partial charge in [0, 0.05) is 5.56 Å². The van der Waals surface area contributed by atoms with Gasteiger partial charge in [-0.25, -0.2) is 9.18 Å². The van der Waals surface area contributed by atoms with E-state index in [1.54, 1.807) is 30.3 Å². The molecule has 0 fully saturated rings. The summed E-state index contributed by atoms with van der Waals surface area (Å²) in [4.78, 5) is 11.6. The Kier molecular flexibility index (Phi) is 4.75. The number of ether oxygens (including phenoxy) is 1. The zero-order chi connectivity index (χ0) is 20.0. The number of rotatable bonds is 3. The maximum atomic E-state index is 15.0. The van der Waals surface area contributed by atoms with Gasteiger partial charge in [-0.3, -0.25) is 0 Å². The highest BCUT2D eigenvalue weighted by Crippen LogP contribution is 2.47. The van der Waals surface area contributed by atoms with Crippen molar-refractivity contribution in [2.24, 2.45) is 0 Å². The van der Waals surface area contributed by atoms with Crippen molar-refractivity contribution in [1.29, 1.82) is 0 Å². The summed E-state index contributed by atoms with van der Waals surface area (Å²) in [5, 5.41) is 0. The third-order valence-corrected chi connectivity index (χ3v) is 5.92. The van der Waals surface area contributed by atoms with Crippen LogP contribution in [-0.4, -0.2) is 13.1 Å². The Morgan fingerprint density at radius 2 is 1.44 bits per heavy atom. The third kappa shape index (κ3) is 3.43. The fourth-order valence-electron chi connectivity index (χ4n) is 3.90. The zero-order valence-electron chi connectivity index (χ0n) is 16.8. The molecule has 2 aromatic carbocycles. The van der Waals surface area contributed by atoms with Crippen LogP contribution in [0, 0.1) is 5.82 Å². The van der Waals surface area contributed by atoms with E-state index in [0.717, 1.165) is 24.0 Å². The summed E-state index contributed by atoms with van der Waals surface area (Å²) in [6, 6.07) is 10.6. The molecule has 0 heterocycles. The van der Waals surface area contributed by atoms with Gasteiger partial charge in [0.05, 0.1) is 12.7 Å². The first-order valence-corrected chi connectivity index (χ1v) is 9.29. The summed E-state index contributed by atoms with van der Waals surface area (Å²) in [6.45, 7) is 12.9. The van der Waals surface area contributed by atoms with E-state index in [0.29, 0.717) is 16.7 Å². The van der Waals surface area contributed by atoms with Crippen molar-refractivity contribution in [2.75, 3.05) is 7.11 Å². The molecular weight excluding hydrogens is 339 g/mol. The maximum Gasteiger partial charge on any atom is 0.337 e. The Balaban J connectivity index is 2.05. The number of hydrogen-bond donors (Lipinski definition) is 0. The molecule has 1 aliphatic rings. The minimum atomic E-state index is -0.392. The van der Waals surface area contributed by atoms with E-state index in [9.17, 15) is 4.79 Å². The molecule has 0 atom stereocenters. The second kappa shape index (κ2) is 6.63. The number of carbonyl (C=O) groups excluding carboxylic acids is 1. The van der Waals surface area contributed by atoms with E-state index in [2.05, 4.69) is 34.3 Å². The molecule has 0 radical (unpaired) electrons. The fraction of sp³-hybridized carbons (Fsp3) is 0.375. The first-order valence-electron chi connectivity index (χ1n) is 9.29. The Morgan fingerprint density at radius 1 is 0.963 bits per heavy atom. The monoisotopic (exact) mass is 366 g/mol. The molecule has 0 spiro atoms. The Morgan fingerprint density at radius 3 is 1.96 bits per heavy atom. The molecule has 0 unspecified atom stereocenters. The van der Waals surface area contributed by atoms with Crippen LogP contribution in [0.25, 0.3) is 5.57 Å². The quantitative estimate of drug-likeness (QED) is 0.621. The van der Waals surface area contributed by atoms with Crippen molar-refractivity contribution in [3.8, 4) is 0 Å². The molecule has 3 rings (SSSR count). The number of methoxy groups -OCH3 is 1. The van der Waals surface area contributed by atoms with Crippen LogP contribution in [0.3, 0.4) is 0 Å². The highest BCUT2D eigenvalue weighted by atomic mass is 19.1. The molecule has 27 heavy (non-hydrogen) atoms. The van der Waals surface area contributed by atoms with Crippen molar-refractivity contribution >= 4 is 11.5 Å². The molecule has 3 heteroatoms. The van der Waals surface area contributed by atoms with Gasteiger partial charge in [0.1, 0.15) is 5.82 Å². The summed E-state index contributed by atoms with van der Waals surface area (Å²) in [7, 11) is 1.35. The van der Waals surface area contributed by atoms with Gasteiger partial charge in [0.15, 0.2) is 0 Å². The average Bonchev–Trinajstić information content (AvgIpc) is 2.64. The van der Waals surface area contributed by atoms with Gasteiger partial charge in [0.2, 0.25) is 0 Å². The molecule has 0 aliphatic heterocycles. The number of carbonyl (C=O) groups is 1. The van der Waals surface area contributed by atoms with E-state index in [-0.39, 0.29) is 16.6 Å². The molecular formula is C24H27FO2. The van der Waals surface area contributed by atoms with E-state index in [1.807, 2.05) is 6.07 Å². The standard InChI is InChI=1S/C24H27FO2/c1-15(16-7-9-17(10-8-16)22(26)27-6)18-13-19-20(14-21(18)25)24(4,5)12-11-23(19,2)3/h7-10,13-14H,1,11-12H2,2-6H3. The second-order valence-corrected chi connectivity index (χ2v) is 8.69. The molecule has 142 valence electrons. The van der Waals surface area contributed by atoms with Crippen LogP contribution >= 0.6 is 0 Å². The van der Waals surface area contributed by atoms with E-state index in [4.69, 9.17) is 4.74 Å². The molecule has 2 nitrogen and oxygen atoms in total. The minimum absolute atomic E-state index is 0.00231. The lowest BCUT2D eigenvalue weighted by Gasteiger charge is -2.42. The first-order chi connectivity index (χ1) is 12.6. The van der Waals surface area contributed by atoms with E-state index < -0.39 is 5.97 Å². The van der Waals surface area contributed by atoms with Crippen molar-refractivity contribution in [3.05, 3.63) is 76.6 Å². The number of hydrogen-bond acceptors (Lipinski definition) is 2. The SMILES string of the molecule is C=C(c1ccc(C(=O)OC)cc1)c1cc2c(cc1F)C(C)(C)CCC2(C)C. The highest BCUT2D eigenvalue weighted by Gasteiger charge is 2.38. The van der Waals surface area contributed by atoms with Crippen LogP contribution in [-0.2, 0) is 15.6 Å². The molecule has 0 N–H and O–H groups in total. The lowest BCUT2D eigenvalue weighted by molar-refractivity contribution is 0.0600. The van der Waals surface area contributed by atoms with Gasteiger partial charge < -0.3 is 4.74 Å². The van der Waals surface area contributed by atoms with E-state index >= 15 is 4.39 Å². The maximum absolute atomic E-state index is 15.0. The third-order valence-electron chi connectivity index (χ3n) is 5.92. The normalized spacial score (nSPS) is 17.1. The average molecular weight is 366 g/mol. The lowest BCUT2D eigenvalue weighted by Crippen LogP contribution is -2.34. The summed E-state index contributed by atoms with van der Waals surface area (Å²) in [5.41, 5.74) is 4.64. The topological polar surface area (TPSA) is 26.3 Å². The Labute approximate surface area is 161 Å².